The number of nitro groups is 1. The third kappa shape index (κ3) is 3.52. The van der Waals surface area contributed by atoms with Gasteiger partial charge in [-0.15, -0.1) is 0 Å². The van der Waals surface area contributed by atoms with Gasteiger partial charge < -0.3 is 10.6 Å². The standard InChI is InChI=1S/C12H19N5O2/c1-13-12-14-8-10(17(18)19)11(16-12)15-9-6-4-2-3-5-7-9/h8-9H,2-7H2,1H3,(H2,13,14,15,16). The molecule has 0 bridgehead atoms. The zero-order valence-electron chi connectivity index (χ0n) is 11.1. The Bertz CT molecular complexity index is 444. The van der Waals surface area contributed by atoms with Crippen LogP contribution in [0, 0.1) is 10.1 Å². The number of rotatable bonds is 4. The van der Waals surface area contributed by atoms with Crippen molar-refractivity contribution in [2.45, 2.75) is 44.6 Å². The van der Waals surface area contributed by atoms with E-state index >= 15 is 0 Å². The highest BCUT2D eigenvalue weighted by Gasteiger charge is 2.20. The first-order valence-electron chi connectivity index (χ1n) is 6.66. The second kappa shape index (κ2) is 6.31. The first kappa shape index (κ1) is 13.5. The Morgan fingerprint density at radius 3 is 2.58 bits per heavy atom. The van der Waals surface area contributed by atoms with E-state index in [1.165, 1.54) is 19.0 Å². The predicted octanol–water partition coefficient (Wildman–Crippen LogP) is 2.56. The van der Waals surface area contributed by atoms with Gasteiger partial charge in [0.15, 0.2) is 0 Å². The van der Waals surface area contributed by atoms with E-state index in [4.69, 9.17) is 0 Å². The fourth-order valence-electron chi connectivity index (χ4n) is 2.35. The summed E-state index contributed by atoms with van der Waals surface area (Å²) in [4.78, 5) is 18.6. The highest BCUT2D eigenvalue weighted by molar-refractivity contribution is 5.57. The summed E-state index contributed by atoms with van der Waals surface area (Å²) in [6.45, 7) is 0. The maximum atomic E-state index is 11.0. The Labute approximate surface area is 112 Å². The molecule has 0 aromatic carbocycles. The fourth-order valence-corrected chi connectivity index (χ4v) is 2.35. The van der Waals surface area contributed by atoms with E-state index in [1.807, 2.05) is 0 Å². The Balaban J connectivity index is 2.18. The molecule has 1 heterocycles. The highest BCUT2D eigenvalue weighted by Crippen LogP contribution is 2.26. The zero-order valence-corrected chi connectivity index (χ0v) is 11.1. The Morgan fingerprint density at radius 1 is 1.32 bits per heavy atom. The Kier molecular flexibility index (Phi) is 4.48. The molecule has 1 saturated carbocycles. The van der Waals surface area contributed by atoms with Gasteiger partial charge in [-0.25, -0.2) is 4.98 Å². The first-order chi connectivity index (χ1) is 9.20. The topological polar surface area (TPSA) is 93.0 Å². The molecule has 1 aliphatic carbocycles. The molecule has 7 nitrogen and oxygen atoms in total. The summed E-state index contributed by atoms with van der Waals surface area (Å²) in [5, 5.41) is 17.0. The average molecular weight is 265 g/mol. The number of anilines is 2. The lowest BCUT2D eigenvalue weighted by Gasteiger charge is -2.16. The minimum absolute atomic E-state index is 0.0664. The minimum atomic E-state index is -0.446. The van der Waals surface area contributed by atoms with Crippen molar-refractivity contribution < 1.29 is 4.92 Å². The number of hydrogen-bond donors (Lipinski definition) is 2. The van der Waals surface area contributed by atoms with Crippen molar-refractivity contribution in [3.05, 3.63) is 16.3 Å². The third-order valence-corrected chi connectivity index (χ3v) is 3.39. The van der Waals surface area contributed by atoms with E-state index in [1.54, 1.807) is 7.05 Å². The molecule has 104 valence electrons. The molecule has 1 fully saturated rings. The first-order valence-corrected chi connectivity index (χ1v) is 6.66. The normalized spacial score (nSPS) is 16.7. The van der Waals surface area contributed by atoms with Crippen LogP contribution in [0.3, 0.4) is 0 Å². The summed E-state index contributed by atoms with van der Waals surface area (Å²) in [6.07, 6.45) is 8.13. The molecule has 7 heteroatoms. The van der Waals surface area contributed by atoms with Crippen molar-refractivity contribution in [2.24, 2.45) is 0 Å². The van der Waals surface area contributed by atoms with Gasteiger partial charge in [0.1, 0.15) is 6.20 Å². The molecule has 0 amide bonds. The number of nitrogens with zero attached hydrogens (tertiary/aromatic N) is 3. The van der Waals surface area contributed by atoms with E-state index < -0.39 is 4.92 Å². The molecule has 0 atom stereocenters. The van der Waals surface area contributed by atoms with Gasteiger partial charge in [0.25, 0.3) is 0 Å². The molecule has 0 saturated heterocycles. The van der Waals surface area contributed by atoms with Crippen LogP contribution >= 0.6 is 0 Å². The van der Waals surface area contributed by atoms with Crippen LogP contribution in [0.2, 0.25) is 0 Å². The van der Waals surface area contributed by atoms with E-state index in [0.717, 1.165) is 25.7 Å². The lowest BCUT2D eigenvalue weighted by atomic mass is 10.1. The van der Waals surface area contributed by atoms with E-state index in [-0.39, 0.29) is 11.7 Å². The van der Waals surface area contributed by atoms with Crippen molar-refractivity contribution in [1.29, 1.82) is 0 Å². The van der Waals surface area contributed by atoms with Crippen LogP contribution in [-0.2, 0) is 0 Å². The molecule has 1 aliphatic rings. The Hall–Kier alpha value is -1.92. The van der Waals surface area contributed by atoms with Crippen LogP contribution in [0.25, 0.3) is 0 Å². The molecule has 19 heavy (non-hydrogen) atoms. The smallest absolute Gasteiger partial charge is 0.329 e. The predicted molar refractivity (Wildman–Crippen MR) is 73.3 cm³/mol. The molecular formula is C12H19N5O2. The highest BCUT2D eigenvalue weighted by atomic mass is 16.6. The molecule has 0 aliphatic heterocycles. The molecular weight excluding hydrogens is 246 g/mol. The van der Waals surface area contributed by atoms with Crippen molar-refractivity contribution >= 4 is 17.5 Å². The number of hydrogen-bond acceptors (Lipinski definition) is 6. The van der Waals surface area contributed by atoms with Gasteiger partial charge in [-0.1, -0.05) is 25.7 Å². The summed E-state index contributed by atoms with van der Waals surface area (Å²) < 4.78 is 0. The maximum Gasteiger partial charge on any atom is 0.329 e. The number of aromatic nitrogens is 2. The van der Waals surface area contributed by atoms with E-state index in [9.17, 15) is 10.1 Å². The van der Waals surface area contributed by atoms with Gasteiger partial charge in [0.05, 0.1) is 4.92 Å². The van der Waals surface area contributed by atoms with E-state index in [2.05, 4.69) is 20.6 Å². The summed E-state index contributed by atoms with van der Waals surface area (Å²) in [7, 11) is 1.69. The maximum absolute atomic E-state index is 11.0. The largest absolute Gasteiger partial charge is 0.361 e. The van der Waals surface area contributed by atoms with Crippen molar-refractivity contribution in [1.82, 2.24) is 9.97 Å². The van der Waals surface area contributed by atoms with Crippen LogP contribution < -0.4 is 10.6 Å². The molecule has 0 unspecified atom stereocenters. The van der Waals surface area contributed by atoms with Crippen LogP contribution in [0.15, 0.2) is 6.20 Å². The van der Waals surface area contributed by atoms with Gasteiger partial charge in [-0.2, -0.15) is 4.98 Å². The number of nitrogens with one attached hydrogen (secondary N) is 2. The lowest BCUT2D eigenvalue weighted by molar-refractivity contribution is -0.384. The molecule has 1 aromatic heterocycles. The van der Waals surface area contributed by atoms with Crippen molar-refractivity contribution in [2.75, 3.05) is 17.7 Å². The summed E-state index contributed by atoms with van der Waals surface area (Å²) in [5.41, 5.74) is -0.0664. The third-order valence-electron chi connectivity index (χ3n) is 3.39. The summed E-state index contributed by atoms with van der Waals surface area (Å²) in [6, 6.07) is 0.265. The second-order valence-electron chi connectivity index (χ2n) is 4.77. The molecule has 1 aromatic rings. The second-order valence-corrected chi connectivity index (χ2v) is 4.77. The SMILES string of the molecule is CNc1ncc([N+](=O)[O-])c(NC2CCCCCC2)n1. The van der Waals surface area contributed by atoms with Gasteiger partial charge in [-0.3, -0.25) is 10.1 Å². The van der Waals surface area contributed by atoms with Gasteiger partial charge in [0.2, 0.25) is 11.8 Å². The van der Waals surface area contributed by atoms with E-state index in [0.29, 0.717) is 11.8 Å². The average Bonchev–Trinajstić information content (AvgIpc) is 2.67. The molecule has 2 rings (SSSR count). The van der Waals surface area contributed by atoms with Crippen LogP contribution in [-0.4, -0.2) is 28.0 Å². The molecule has 0 radical (unpaired) electrons. The van der Waals surface area contributed by atoms with Gasteiger partial charge in [-0.05, 0) is 12.8 Å². The zero-order chi connectivity index (χ0) is 13.7. The van der Waals surface area contributed by atoms with Gasteiger partial charge in [0, 0.05) is 13.1 Å². The fraction of sp³-hybridized carbons (Fsp3) is 0.667. The molecule has 2 N–H and O–H groups in total. The summed E-state index contributed by atoms with van der Waals surface area (Å²) in [5.74, 6) is 0.706. The Morgan fingerprint density at radius 2 is 2.00 bits per heavy atom. The van der Waals surface area contributed by atoms with Crippen molar-refractivity contribution in [3.8, 4) is 0 Å². The van der Waals surface area contributed by atoms with Crippen LogP contribution in [0.4, 0.5) is 17.5 Å². The molecule has 0 spiro atoms. The van der Waals surface area contributed by atoms with Crippen molar-refractivity contribution in [3.63, 3.8) is 0 Å². The van der Waals surface area contributed by atoms with Crippen LogP contribution in [0.5, 0.6) is 0 Å². The minimum Gasteiger partial charge on any atom is -0.361 e. The monoisotopic (exact) mass is 265 g/mol. The lowest BCUT2D eigenvalue weighted by Crippen LogP contribution is -2.20. The quantitative estimate of drug-likeness (QED) is 0.493. The van der Waals surface area contributed by atoms with Crippen LogP contribution in [0.1, 0.15) is 38.5 Å². The van der Waals surface area contributed by atoms with Gasteiger partial charge >= 0.3 is 5.69 Å². The summed E-state index contributed by atoms with van der Waals surface area (Å²) >= 11 is 0.